The van der Waals surface area contributed by atoms with E-state index in [2.05, 4.69) is 6.58 Å². The molecule has 0 aromatic heterocycles. The molecule has 50 valence electrons. The molecular weight excluding hydrogens is 132 g/mol. The highest BCUT2D eigenvalue weighted by atomic mass is 32.1. The highest BCUT2D eigenvalue weighted by molar-refractivity contribution is 7.80. The van der Waals surface area contributed by atoms with Gasteiger partial charge in [0.15, 0.2) is 5.11 Å². The van der Waals surface area contributed by atoms with Crippen LogP contribution < -0.4 is 0 Å². The largest absolute Gasteiger partial charge is 0.346 e. The van der Waals surface area contributed by atoms with Crippen molar-refractivity contribution in [3.05, 3.63) is 12.3 Å². The van der Waals surface area contributed by atoms with E-state index in [0.29, 0.717) is 0 Å². The Balaban J connectivity index is 2.77. The van der Waals surface area contributed by atoms with E-state index < -0.39 is 0 Å². The van der Waals surface area contributed by atoms with E-state index in [1.54, 1.807) is 0 Å². The first-order valence-corrected chi connectivity index (χ1v) is 3.20. The number of likely N-dealkylation sites (N-methyl/N-ethyl adjacent to an activating group) is 2. The highest BCUT2D eigenvalue weighted by Crippen LogP contribution is 2.12. The minimum atomic E-state index is 0.861. The van der Waals surface area contributed by atoms with Crippen LogP contribution in [0.4, 0.5) is 0 Å². The van der Waals surface area contributed by atoms with Crippen LogP contribution in [0.1, 0.15) is 0 Å². The average Bonchev–Trinajstić information content (AvgIpc) is 1.98. The maximum atomic E-state index is 5.03. The van der Waals surface area contributed by atoms with Crippen LogP contribution in [-0.2, 0) is 0 Å². The lowest BCUT2D eigenvalue weighted by atomic mass is 10.5. The van der Waals surface area contributed by atoms with Crippen molar-refractivity contribution in [1.82, 2.24) is 9.80 Å². The normalized spacial score (nSPS) is 19.8. The number of nitrogens with zero attached hydrogens (tertiary/aromatic N) is 2. The first kappa shape index (κ1) is 6.55. The third kappa shape index (κ3) is 0.920. The Hall–Kier alpha value is -0.570. The molecule has 0 radical (unpaired) electrons. The van der Waals surface area contributed by atoms with Crippen LogP contribution in [0.2, 0.25) is 0 Å². The fraction of sp³-hybridized carbons (Fsp3) is 0.500. The van der Waals surface area contributed by atoms with E-state index in [9.17, 15) is 0 Å². The summed E-state index contributed by atoms with van der Waals surface area (Å²) in [5, 5.41) is 0.861. The molecule has 0 spiro atoms. The summed E-state index contributed by atoms with van der Waals surface area (Å²) in [5.41, 5.74) is 1.07. The molecule has 1 aliphatic heterocycles. The van der Waals surface area contributed by atoms with Gasteiger partial charge in [-0.15, -0.1) is 0 Å². The predicted octanol–water partition coefficient (Wildman–Crippen LogP) is 0.662. The predicted molar refractivity (Wildman–Crippen MR) is 42.1 cm³/mol. The van der Waals surface area contributed by atoms with Gasteiger partial charge in [0.2, 0.25) is 0 Å². The zero-order chi connectivity index (χ0) is 7.02. The van der Waals surface area contributed by atoms with E-state index in [1.807, 2.05) is 23.9 Å². The van der Waals surface area contributed by atoms with E-state index in [1.165, 1.54) is 0 Å². The van der Waals surface area contributed by atoms with Gasteiger partial charge in [-0.2, -0.15) is 0 Å². The molecule has 0 bridgehead atoms. The summed E-state index contributed by atoms with van der Waals surface area (Å²) >= 11 is 5.03. The van der Waals surface area contributed by atoms with Crippen molar-refractivity contribution >= 4 is 17.3 Å². The van der Waals surface area contributed by atoms with Gasteiger partial charge in [-0.3, -0.25) is 0 Å². The number of hydrogen-bond acceptors (Lipinski definition) is 1. The molecule has 9 heavy (non-hydrogen) atoms. The maximum absolute atomic E-state index is 5.03. The maximum Gasteiger partial charge on any atom is 0.175 e. The molecule has 1 rings (SSSR count). The van der Waals surface area contributed by atoms with Gasteiger partial charge in [-0.1, -0.05) is 6.58 Å². The summed E-state index contributed by atoms with van der Waals surface area (Å²) in [5.74, 6) is 0. The zero-order valence-corrected chi connectivity index (χ0v) is 6.53. The van der Waals surface area contributed by atoms with Crippen molar-refractivity contribution in [3.63, 3.8) is 0 Å². The SMILES string of the molecule is C=C1CN(C)C(=S)N1C. The smallest absolute Gasteiger partial charge is 0.175 e. The van der Waals surface area contributed by atoms with Gasteiger partial charge in [0.05, 0.1) is 6.54 Å². The van der Waals surface area contributed by atoms with E-state index >= 15 is 0 Å². The number of thiocarbonyl (C=S) groups is 1. The van der Waals surface area contributed by atoms with Crippen molar-refractivity contribution in [2.24, 2.45) is 0 Å². The second-order valence-corrected chi connectivity index (χ2v) is 2.63. The molecule has 0 unspecified atom stereocenters. The monoisotopic (exact) mass is 142 g/mol. The van der Waals surface area contributed by atoms with E-state index in [4.69, 9.17) is 12.2 Å². The Labute approximate surface area is 60.7 Å². The fourth-order valence-corrected chi connectivity index (χ4v) is 1.03. The fourth-order valence-electron chi connectivity index (χ4n) is 0.839. The first-order chi connectivity index (χ1) is 4.13. The third-order valence-electron chi connectivity index (χ3n) is 1.51. The Kier molecular flexibility index (Phi) is 1.45. The van der Waals surface area contributed by atoms with E-state index in [0.717, 1.165) is 17.4 Å². The molecule has 1 fully saturated rings. The quantitative estimate of drug-likeness (QED) is 0.459. The second-order valence-electron chi connectivity index (χ2n) is 2.26. The van der Waals surface area contributed by atoms with Crippen LogP contribution in [0.25, 0.3) is 0 Å². The molecule has 0 amide bonds. The molecule has 1 saturated heterocycles. The molecule has 0 saturated carbocycles. The Morgan fingerprint density at radius 2 is 2.11 bits per heavy atom. The summed E-state index contributed by atoms with van der Waals surface area (Å²) in [6.07, 6.45) is 0. The zero-order valence-electron chi connectivity index (χ0n) is 5.72. The lowest BCUT2D eigenvalue weighted by molar-refractivity contribution is 0.587. The lowest BCUT2D eigenvalue weighted by Gasteiger charge is -2.11. The third-order valence-corrected chi connectivity index (χ3v) is 2.09. The summed E-state index contributed by atoms with van der Waals surface area (Å²) in [4.78, 5) is 3.92. The van der Waals surface area contributed by atoms with Crippen LogP contribution >= 0.6 is 12.2 Å². The van der Waals surface area contributed by atoms with Crippen molar-refractivity contribution in [3.8, 4) is 0 Å². The summed E-state index contributed by atoms with van der Waals surface area (Å²) in [7, 11) is 3.91. The minimum Gasteiger partial charge on any atom is -0.346 e. The van der Waals surface area contributed by atoms with Gasteiger partial charge in [0.1, 0.15) is 0 Å². The minimum absolute atomic E-state index is 0.861. The first-order valence-electron chi connectivity index (χ1n) is 2.79. The van der Waals surface area contributed by atoms with Gasteiger partial charge >= 0.3 is 0 Å². The topological polar surface area (TPSA) is 6.48 Å². The number of rotatable bonds is 0. The second kappa shape index (κ2) is 1.99. The average molecular weight is 142 g/mol. The lowest BCUT2D eigenvalue weighted by Crippen LogP contribution is -2.24. The Morgan fingerprint density at radius 1 is 1.56 bits per heavy atom. The molecule has 0 aromatic rings. The van der Waals surface area contributed by atoms with Crippen LogP contribution in [0.3, 0.4) is 0 Å². The van der Waals surface area contributed by atoms with Gasteiger partial charge < -0.3 is 9.80 Å². The Morgan fingerprint density at radius 3 is 2.22 bits per heavy atom. The van der Waals surface area contributed by atoms with Crippen LogP contribution in [0.15, 0.2) is 12.3 Å². The molecule has 0 atom stereocenters. The van der Waals surface area contributed by atoms with Gasteiger partial charge in [-0.05, 0) is 12.2 Å². The summed E-state index contributed by atoms with van der Waals surface area (Å²) in [6, 6.07) is 0. The molecular formula is C6H10N2S. The molecule has 0 aliphatic carbocycles. The molecule has 0 aromatic carbocycles. The summed E-state index contributed by atoms with van der Waals surface area (Å²) < 4.78 is 0. The molecule has 3 heteroatoms. The van der Waals surface area contributed by atoms with Crippen molar-refractivity contribution in [2.45, 2.75) is 0 Å². The number of hydrogen-bond donors (Lipinski definition) is 0. The summed E-state index contributed by atoms with van der Waals surface area (Å²) in [6.45, 7) is 4.70. The standard InChI is InChI=1S/C6H10N2S/c1-5-4-7(2)6(9)8(5)3/h1,4H2,2-3H3. The van der Waals surface area contributed by atoms with Crippen molar-refractivity contribution in [1.29, 1.82) is 0 Å². The molecule has 1 aliphatic rings. The van der Waals surface area contributed by atoms with Crippen molar-refractivity contribution in [2.75, 3.05) is 20.6 Å². The molecule has 1 heterocycles. The van der Waals surface area contributed by atoms with Gasteiger partial charge in [0, 0.05) is 19.8 Å². The van der Waals surface area contributed by atoms with Crippen molar-refractivity contribution < 1.29 is 0 Å². The highest BCUT2D eigenvalue weighted by Gasteiger charge is 2.20. The van der Waals surface area contributed by atoms with Crippen LogP contribution in [-0.4, -0.2) is 35.6 Å². The molecule has 0 N–H and O–H groups in total. The van der Waals surface area contributed by atoms with Crippen LogP contribution in [0.5, 0.6) is 0 Å². The van der Waals surface area contributed by atoms with Gasteiger partial charge in [0.25, 0.3) is 0 Å². The van der Waals surface area contributed by atoms with E-state index in [-0.39, 0.29) is 0 Å². The molecule has 2 nitrogen and oxygen atoms in total. The van der Waals surface area contributed by atoms with Crippen LogP contribution in [0, 0.1) is 0 Å². The van der Waals surface area contributed by atoms with Gasteiger partial charge in [-0.25, -0.2) is 0 Å². The Bertz CT molecular complexity index is 164.